The van der Waals surface area contributed by atoms with Gasteiger partial charge in [0, 0.05) is 12.6 Å². The van der Waals surface area contributed by atoms with Crippen LogP contribution in [0.5, 0.6) is 0 Å². The van der Waals surface area contributed by atoms with Crippen molar-refractivity contribution in [3.05, 3.63) is 0 Å². The van der Waals surface area contributed by atoms with E-state index in [0.29, 0.717) is 19.0 Å². The van der Waals surface area contributed by atoms with Gasteiger partial charge in [-0.25, -0.2) is 0 Å². The van der Waals surface area contributed by atoms with Crippen molar-refractivity contribution in [2.75, 3.05) is 19.6 Å². The normalized spacial score (nSPS) is 23.7. The Morgan fingerprint density at radius 1 is 1.24 bits per heavy atom. The quantitative estimate of drug-likeness (QED) is 0.749. The summed E-state index contributed by atoms with van der Waals surface area (Å²) in [7, 11) is 0. The Morgan fingerprint density at radius 2 is 1.90 bits per heavy atom. The van der Waals surface area contributed by atoms with Crippen LogP contribution < -0.4 is 10.6 Å². The molecule has 1 saturated carbocycles. The van der Waals surface area contributed by atoms with Gasteiger partial charge in [0.15, 0.2) is 0 Å². The Labute approximate surface area is 128 Å². The van der Waals surface area contributed by atoms with Crippen LogP contribution >= 0.6 is 0 Å². The molecule has 3 atom stereocenters. The van der Waals surface area contributed by atoms with E-state index in [4.69, 9.17) is 0 Å². The molecule has 0 heterocycles. The largest absolute Gasteiger partial charge is 0.355 e. The minimum atomic E-state index is -0.272. The molecule has 0 unspecified atom stereocenters. The van der Waals surface area contributed by atoms with E-state index in [1.54, 1.807) is 0 Å². The molecule has 1 aliphatic rings. The molecular weight excluding hydrogens is 266 g/mol. The molecule has 0 aromatic carbocycles. The van der Waals surface area contributed by atoms with Crippen LogP contribution in [0.15, 0.2) is 0 Å². The van der Waals surface area contributed by atoms with Crippen LogP contribution in [-0.4, -0.2) is 48.4 Å². The number of likely N-dealkylation sites (N-methyl/N-ethyl adjacent to an activating group) is 2. The molecule has 0 bridgehead atoms. The highest BCUT2D eigenvalue weighted by Crippen LogP contribution is 2.23. The predicted octanol–water partition coefficient (Wildman–Crippen LogP) is 1.53. The van der Waals surface area contributed by atoms with Gasteiger partial charge in [0.05, 0.1) is 12.6 Å². The van der Waals surface area contributed by atoms with Crippen LogP contribution in [0, 0.1) is 5.92 Å². The Bertz CT molecular complexity index is 346. The molecule has 0 aromatic heterocycles. The number of nitrogens with one attached hydrogen (secondary N) is 2. The van der Waals surface area contributed by atoms with E-state index in [1.165, 1.54) is 19.3 Å². The summed E-state index contributed by atoms with van der Waals surface area (Å²) in [5.74, 6) is 0.568. The average Bonchev–Trinajstić information content (AvgIpc) is 2.46. The summed E-state index contributed by atoms with van der Waals surface area (Å²) in [6, 6.07) is 0.0172. The maximum Gasteiger partial charge on any atom is 0.237 e. The Hall–Kier alpha value is -1.10. The molecule has 0 spiro atoms. The Balaban J connectivity index is 2.51. The molecule has 1 aliphatic carbocycles. The van der Waals surface area contributed by atoms with E-state index in [1.807, 2.05) is 25.7 Å². The van der Waals surface area contributed by atoms with Gasteiger partial charge in [0.1, 0.15) is 0 Å². The van der Waals surface area contributed by atoms with E-state index >= 15 is 0 Å². The fourth-order valence-electron chi connectivity index (χ4n) is 2.96. The molecule has 0 radical (unpaired) electrons. The summed E-state index contributed by atoms with van der Waals surface area (Å²) in [4.78, 5) is 26.0. The molecule has 122 valence electrons. The van der Waals surface area contributed by atoms with Gasteiger partial charge in [0.2, 0.25) is 11.8 Å². The van der Waals surface area contributed by atoms with Crippen LogP contribution in [-0.2, 0) is 9.59 Å². The molecule has 1 fully saturated rings. The van der Waals surface area contributed by atoms with Crippen molar-refractivity contribution in [2.24, 2.45) is 5.92 Å². The monoisotopic (exact) mass is 297 g/mol. The number of carbonyl (C=O) groups is 2. The highest BCUT2D eigenvalue weighted by molar-refractivity contribution is 5.83. The van der Waals surface area contributed by atoms with Gasteiger partial charge in [-0.05, 0) is 39.2 Å². The van der Waals surface area contributed by atoms with Crippen LogP contribution in [0.2, 0.25) is 0 Å². The number of rotatable bonds is 7. The minimum absolute atomic E-state index is 0.0231. The number of amides is 2. The van der Waals surface area contributed by atoms with E-state index in [-0.39, 0.29) is 30.4 Å². The van der Waals surface area contributed by atoms with Gasteiger partial charge in [-0.15, -0.1) is 0 Å². The second-order valence-corrected chi connectivity index (χ2v) is 6.07. The summed E-state index contributed by atoms with van der Waals surface area (Å²) >= 11 is 0. The van der Waals surface area contributed by atoms with Crippen molar-refractivity contribution < 1.29 is 9.59 Å². The number of carbonyl (C=O) groups excluding carboxylic acids is 2. The third kappa shape index (κ3) is 5.65. The van der Waals surface area contributed by atoms with Gasteiger partial charge >= 0.3 is 0 Å². The van der Waals surface area contributed by atoms with Crippen molar-refractivity contribution in [1.82, 2.24) is 15.5 Å². The third-order valence-corrected chi connectivity index (χ3v) is 4.49. The first kappa shape index (κ1) is 18.0. The lowest BCUT2D eigenvalue weighted by Crippen LogP contribution is -2.52. The lowest BCUT2D eigenvalue weighted by atomic mass is 9.86. The fraction of sp³-hybridized carbons (Fsp3) is 0.875. The molecule has 5 heteroatoms. The Kier molecular flexibility index (Phi) is 7.72. The van der Waals surface area contributed by atoms with E-state index in [9.17, 15) is 9.59 Å². The van der Waals surface area contributed by atoms with E-state index in [2.05, 4.69) is 17.6 Å². The second kappa shape index (κ2) is 9.03. The average molecular weight is 297 g/mol. The summed E-state index contributed by atoms with van der Waals surface area (Å²) < 4.78 is 0. The summed E-state index contributed by atoms with van der Waals surface area (Å²) in [6.45, 7) is 9.55. The standard InChI is InChI=1S/C16H31N3O2/c1-5-17-15(20)11-19(6-2)13(4)16(21)18-14-10-8-7-9-12(14)3/h12-14H,5-11H2,1-4H3,(H,17,20)(H,18,21)/t12-,13-,14+/m0/s1. The summed E-state index contributed by atoms with van der Waals surface area (Å²) in [5.41, 5.74) is 0. The molecular formula is C16H31N3O2. The maximum atomic E-state index is 12.4. The Morgan fingerprint density at radius 3 is 2.48 bits per heavy atom. The number of hydrogen-bond acceptors (Lipinski definition) is 3. The molecule has 2 amide bonds. The van der Waals surface area contributed by atoms with Crippen LogP contribution in [0.25, 0.3) is 0 Å². The third-order valence-electron chi connectivity index (χ3n) is 4.49. The number of hydrogen-bond donors (Lipinski definition) is 2. The summed E-state index contributed by atoms with van der Waals surface area (Å²) in [5, 5.41) is 5.96. The summed E-state index contributed by atoms with van der Waals surface area (Å²) in [6.07, 6.45) is 4.72. The molecule has 21 heavy (non-hydrogen) atoms. The highest BCUT2D eigenvalue weighted by Gasteiger charge is 2.27. The fourth-order valence-corrected chi connectivity index (χ4v) is 2.96. The highest BCUT2D eigenvalue weighted by atomic mass is 16.2. The molecule has 5 nitrogen and oxygen atoms in total. The van der Waals surface area contributed by atoms with Crippen LogP contribution in [0.4, 0.5) is 0 Å². The zero-order chi connectivity index (χ0) is 15.8. The lowest BCUT2D eigenvalue weighted by Gasteiger charge is -2.32. The number of nitrogens with zero attached hydrogens (tertiary/aromatic N) is 1. The van der Waals surface area contributed by atoms with Gasteiger partial charge in [-0.3, -0.25) is 14.5 Å². The van der Waals surface area contributed by atoms with E-state index < -0.39 is 0 Å². The van der Waals surface area contributed by atoms with Crippen molar-refractivity contribution in [3.63, 3.8) is 0 Å². The van der Waals surface area contributed by atoms with Gasteiger partial charge in [-0.1, -0.05) is 26.7 Å². The first-order valence-electron chi connectivity index (χ1n) is 8.30. The molecule has 0 saturated heterocycles. The molecule has 2 N–H and O–H groups in total. The van der Waals surface area contributed by atoms with Gasteiger partial charge in [-0.2, -0.15) is 0 Å². The van der Waals surface area contributed by atoms with Gasteiger partial charge < -0.3 is 10.6 Å². The van der Waals surface area contributed by atoms with Crippen molar-refractivity contribution in [2.45, 2.75) is 65.5 Å². The van der Waals surface area contributed by atoms with Crippen molar-refractivity contribution in [3.8, 4) is 0 Å². The van der Waals surface area contributed by atoms with Crippen LogP contribution in [0.1, 0.15) is 53.4 Å². The molecule has 0 aromatic rings. The van der Waals surface area contributed by atoms with Crippen molar-refractivity contribution in [1.29, 1.82) is 0 Å². The minimum Gasteiger partial charge on any atom is -0.355 e. The first-order chi connectivity index (χ1) is 9.99. The molecule has 1 rings (SSSR count). The molecule has 0 aliphatic heterocycles. The topological polar surface area (TPSA) is 61.4 Å². The van der Waals surface area contributed by atoms with Gasteiger partial charge in [0.25, 0.3) is 0 Å². The maximum absolute atomic E-state index is 12.4. The predicted molar refractivity (Wildman–Crippen MR) is 85.0 cm³/mol. The second-order valence-electron chi connectivity index (χ2n) is 6.07. The zero-order valence-electron chi connectivity index (χ0n) is 13.9. The SMILES string of the molecule is CCNC(=O)CN(CC)[C@@H](C)C(=O)N[C@@H]1CCCC[C@@H]1C. The zero-order valence-corrected chi connectivity index (χ0v) is 13.9. The van der Waals surface area contributed by atoms with Crippen LogP contribution in [0.3, 0.4) is 0 Å². The smallest absolute Gasteiger partial charge is 0.237 e. The first-order valence-corrected chi connectivity index (χ1v) is 8.30. The van der Waals surface area contributed by atoms with Crippen molar-refractivity contribution >= 4 is 11.8 Å². The van der Waals surface area contributed by atoms with E-state index in [0.717, 1.165) is 6.42 Å². The lowest BCUT2D eigenvalue weighted by molar-refractivity contribution is -0.129.